The van der Waals surface area contributed by atoms with Gasteiger partial charge < -0.3 is 4.90 Å². The normalized spacial score (nSPS) is 11.0. The third-order valence-corrected chi connectivity index (χ3v) is 4.99. The zero-order valence-electron chi connectivity index (χ0n) is 12.8. The Morgan fingerprint density at radius 1 is 1.30 bits per heavy atom. The van der Waals surface area contributed by atoms with E-state index >= 15 is 0 Å². The van der Waals surface area contributed by atoms with Crippen molar-refractivity contribution in [3.05, 3.63) is 42.1 Å². The molecule has 0 N–H and O–H groups in total. The number of amides is 1. The van der Waals surface area contributed by atoms with E-state index in [0.717, 1.165) is 4.68 Å². The Morgan fingerprint density at radius 2 is 2.00 bits per heavy atom. The van der Waals surface area contributed by atoms with Gasteiger partial charge in [-0.15, -0.1) is 0 Å². The highest BCUT2D eigenvalue weighted by molar-refractivity contribution is 7.91. The molecule has 1 aromatic heterocycles. The highest BCUT2D eigenvalue weighted by atomic mass is 32.2. The summed E-state index contributed by atoms with van der Waals surface area (Å²) in [7, 11) is -3.88. The van der Waals surface area contributed by atoms with Crippen molar-refractivity contribution in [1.29, 1.82) is 5.26 Å². The molecule has 8 heteroatoms. The molecule has 0 aliphatic rings. The molecule has 0 saturated heterocycles. The van der Waals surface area contributed by atoms with Crippen LogP contribution in [0.5, 0.6) is 0 Å². The minimum atomic E-state index is -3.88. The van der Waals surface area contributed by atoms with Gasteiger partial charge in [-0.3, -0.25) is 0 Å². The van der Waals surface area contributed by atoms with E-state index in [-0.39, 0.29) is 21.5 Å². The lowest BCUT2D eigenvalue weighted by atomic mass is 10.2. The number of carbonyl (C=O) groups excluding carboxylic acids is 1. The van der Waals surface area contributed by atoms with Crippen LogP contribution in [0.3, 0.4) is 0 Å². The van der Waals surface area contributed by atoms with Gasteiger partial charge in [-0.2, -0.15) is 15.0 Å². The molecule has 1 heterocycles. The molecule has 1 amide bonds. The number of rotatable bonds is 4. The van der Waals surface area contributed by atoms with Crippen LogP contribution in [0.4, 0.5) is 4.79 Å². The van der Waals surface area contributed by atoms with Crippen molar-refractivity contribution in [2.45, 2.75) is 23.8 Å². The van der Waals surface area contributed by atoms with E-state index < -0.39 is 9.84 Å². The first-order chi connectivity index (χ1) is 10.9. The van der Waals surface area contributed by atoms with Gasteiger partial charge in [0.15, 0.2) is 5.03 Å². The largest absolute Gasteiger partial charge is 0.344 e. The summed E-state index contributed by atoms with van der Waals surface area (Å²) in [4.78, 5) is 13.7. The number of hydrogen-bond donors (Lipinski definition) is 0. The van der Waals surface area contributed by atoms with Crippen LogP contribution in [-0.4, -0.2) is 42.2 Å². The van der Waals surface area contributed by atoms with Gasteiger partial charge in [0.1, 0.15) is 0 Å². The predicted octanol–water partition coefficient (Wildman–Crippen LogP) is 1.90. The molecule has 2 rings (SSSR count). The summed E-state index contributed by atoms with van der Waals surface area (Å²) < 4.78 is 26.1. The second kappa shape index (κ2) is 6.62. The second-order valence-electron chi connectivity index (χ2n) is 4.70. The molecule has 0 aliphatic heterocycles. The maximum absolute atomic E-state index is 12.5. The minimum Gasteiger partial charge on any atom is -0.323 e. The fourth-order valence-corrected chi connectivity index (χ4v) is 3.27. The molecule has 0 unspecified atom stereocenters. The van der Waals surface area contributed by atoms with Gasteiger partial charge in [0.2, 0.25) is 9.84 Å². The van der Waals surface area contributed by atoms with Crippen molar-refractivity contribution in [2.24, 2.45) is 0 Å². The van der Waals surface area contributed by atoms with E-state index in [4.69, 9.17) is 5.26 Å². The molecular formula is C15H16N4O3S. The smallest absolute Gasteiger partial charge is 0.323 e. The molecule has 7 nitrogen and oxygen atoms in total. The van der Waals surface area contributed by atoms with Gasteiger partial charge in [0.05, 0.1) is 16.5 Å². The summed E-state index contributed by atoms with van der Waals surface area (Å²) >= 11 is 0. The minimum absolute atomic E-state index is 0.0305. The van der Waals surface area contributed by atoms with E-state index in [0.29, 0.717) is 13.1 Å². The van der Waals surface area contributed by atoms with Crippen molar-refractivity contribution < 1.29 is 13.2 Å². The number of aromatic nitrogens is 2. The van der Waals surface area contributed by atoms with Gasteiger partial charge in [-0.1, -0.05) is 6.07 Å². The van der Waals surface area contributed by atoms with Crippen molar-refractivity contribution in [3.8, 4) is 6.07 Å². The maximum Gasteiger partial charge on any atom is 0.344 e. The Balaban J connectivity index is 2.39. The van der Waals surface area contributed by atoms with E-state index in [1.165, 1.54) is 41.4 Å². The summed E-state index contributed by atoms with van der Waals surface area (Å²) in [6, 6.07) is 8.45. The SMILES string of the molecule is CCN(CC)C(=O)n1ccc(S(=O)(=O)c2cccc(C#N)c2)n1. The van der Waals surface area contributed by atoms with Gasteiger partial charge in [-0.05, 0) is 38.1 Å². The third-order valence-electron chi connectivity index (χ3n) is 3.34. The first-order valence-electron chi connectivity index (χ1n) is 7.04. The average molecular weight is 332 g/mol. The number of nitriles is 1. The Hall–Kier alpha value is -2.66. The molecule has 0 atom stereocenters. The lowest BCUT2D eigenvalue weighted by Gasteiger charge is -2.17. The summed E-state index contributed by atoms with van der Waals surface area (Å²) in [5, 5.41) is 12.5. The maximum atomic E-state index is 12.5. The first kappa shape index (κ1) is 16.7. The van der Waals surface area contributed by atoms with E-state index in [2.05, 4.69) is 5.10 Å². The molecule has 0 spiro atoms. The fourth-order valence-electron chi connectivity index (χ4n) is 2.05. The first-order valence-corrected chi connectivity index (χ1v) is 8.52. The molecule has 23 heavy (non-hydrogen) atoms. The summed E-state index contributed by atoms with van der Waals surface area (Å²) in [6.45, 7) is 4.66. The molecular weight excluding hydrogens is 316 g/mol. The van der Waals surface area contributed by atoms with E-state index in [1.54, 1.807) is 0 Å². The van der Waals surface area contributed by atoms with Gasteiger partial charge in [0, 0.05) is 19.3 Å². The van der Waals surface area contributed by atoms with Crippen molar-refractivity contribution in [3.63, 3.8) is 0 Å². The van der Waals surface area contributed by atoms with Crippen molar-refractivity contribution in [2.75, 3.05) is 13.1 Å². The van der Waals surface area contributed by atoms with Crippen LogP contribution in [0.15, 0.2) is 46.5 Å². The molecule has 0 aliphatic carbocycles. The fraction of sp³-hybridized carbons (Fsp3) is 0.267. The van der Waals surface area contributed by atoms with Crippen LogP contribution in [0.1, 0.15) is 19.4 Å². The Kier molecular flexibility index (Phi) is 4.81. The topological polar surface area (TPSA) is 96.1 Å². The number of benzene rings is 1. The second-order valence-corrected chi connectivity index (χ2v) is 6.59. The lowest BCUT2D eigenvalue weighted by molar-refractivity contribution is 0.201. The Labute approximate surface area is 134 Å². The molecule has 0 bridgehead atoms. The molecule has 2 aromatic rings. The lowest BCUT2D eigenvalue weighted by Crippen LogP contribution is -2.34. The van der Waals surface area contributed by atoms with Gasteiger partial charge in [-0.25, -0.2) is 13.2 Å². The predicted molar refractivity (Wildman–Crippen MR) is 82.6 cm³/mol. The quantitative estimate of drug-likeness (QED) is 0.852. The van der Waals surface area contributed by atoms with Gasteiger partial charge in [0.25, 0.3) is 0 Å². The number of nitrogens with zero attached hydrogens (tertiary/aromatic N) is 4. The summed E-state index contributed by atoms with van der Waals surface area (Å²) in [6.07, 6.45) is 1.32. The molecule has 0 fully saturated rings. The monoisotopic (exact) mass is 332 g/mol. The molecule has 0 radical (unpaired) electrons. The highest BCUT2D eigenvalue weighted by Gasteiger charge is 2.23. The average Bonchev–Trinajstić information content (AvgIpc) is 3.06. The highest BCUT2D eigenvalue weighted by Crippen LogP contribution is 2.20. The van der Waals surface area contributed by atoms with Gasteiger partial charge >= 0.3 is 6.03 Å². The number of sulfone groups is 1. The summed E-state index contributed by atoms with van der Waals surface area (Å²) in [5.41, 5.74) is 0.240. The van der Waals surface area contributed by atoms with Crippen LogP contribution >= 0.6 is 0 Å². The van der Waals surface area contributed by atoms with E-state index in [1.807, 2.05) is 19.9 Å². The van der Waals surface area contributed by atoms with Crippen LogP contribution in [0.2, 0.25) is 0 Å². The Morgan fingerprint density at radius 3 is 2.61 bits per heavy atom. The zero-order valence-corrected chi connectivity index (χ0v) is 13.6. The molecule has 1 aromatic carbocycles. The zero-order chi connectivity index (χ0) is 17.0. The van der Waals surface area contributed by atoms with Crippen molar-refractivity contribution in [1.82, 2.24) is 14.7 Å². The van der Waals surface area contributed by atoms with Crippen LogP contribution < -0.4 is 0 Å². The van der Waals surface area contributed by atoms with Crippen molar-refractivity contribution >= 4 is 15.9 Å². The van der Waals surface area contributed by atoms with Crippen LogP contribution in [0.25, 0.3) is 0 Å². The van der Waals surface area contributed by atoms with Crippen LogP contribution in [-0.2, 0) is 9.84 Å². The number of hydrogen-bond acceptors (Lipinski definition) is 5. The number of carbonyl (C=O) groups is 1. The molecule has 120 valence electrons. The molecule has 0 saturated carbocycles. The third kappa shape index (κ3) is 3.24. The van der Waals surface area contributed by atoms with E-state index in [9.17, 15) is 13.2 Å². The van der Waals surface area contributed by atoms with Crippen LogP contribution in [0, 0.1) is 11.3 Å². The summed E-state index contributed by atoms with van der Waals surface area (Å²) in [5.74, 6) is 0. The standard InChI is InChI=1S/C15H16N4O3S/c1-3-18(4-2)15(20)19-9-8-14(17-19)23(21,22)13-7-5-6-12(10-13)11-16/h5-10H,3-4H2,1-2H3. The Bertz CT molecular complexity index is 861.